The van der Waals surface area contributed by atoms with Gasteiger partial charge in [-0.3, -0.25) is 4.98 Å². The van der Waals surface area contributed by atoms with Crippen LogP contribution in [0.25, 0.3) is 77.4 Å². The molecule has 5 aromatic carbocycles. The molecule has 0 fully saturated rings. The van der Waals surface area contributed by atoms with Gasteiger partial charge in [0.1, 0.15) is 0 Å². The topological polar surface area (TPSA) is 51.6 Å². The van der Waals surface area contributed by atoms with Crippen LogP contribution < -0.4 is 0 Å². The molecule has 192 valence electrons. The number of pyridine rings is 2. The first-order valence-electron chi connectivity index (χ1n) is 15.0. The molecule has 0 saturated heterocycles. The second-order valence-corrected chi connectivity index (χ2v) is 10.1. The van der Waals surface area contributed by atoms with E-state index < -0.39 is 6.85 Å². The molecule has 0 unspecified atom stereocenters. The van der Waals surface area contributed by atoms with Gasteiger partial charge in [0.15, 0.2) is 0 Å². The van der Waals surface area contributed by atoms with Crippen molar-refractivity contribution in [1.82, 2.24) is 19.9 Å². The van der Waals surface area contributed by atoms with Gasteiger partial charge in [0.25, 0.3) is 0 Å². The van der Waals surface area contributed by atoms with Crippen molar-refractivity contribution in [3.05, 3.63) is 133 Å². The van der Waals surface area contributed by atoms with Gasteiger partial charge in [0, 0.05) is 37.3 Å². The molecule has 8 rings (SSSR count). The van der Waals surface area contributed by atoms with Crippen LogP contribution in [0.3, 0.4) is 0 Å². The highest BCUT2D eigenvalue weighted by Gasteiger charge is 2.17. The van der Waals surface area contributed by atoms with Crippen molar-refractivity contribution in [1.29, 1.82) is 0 Å². The second kappa shape index (κ2) is 9.32. The third kappa shape index (κ3) is 4.00. The molecule has 4 nitrogen and oxygen atoms in total. The second-order valence-electron chi connectivity index (χ2n) is 10.1. The molecule has 4 heteroatoms. The summed E-state index contributed by atoms with van der Waals surface area (Å²) in [7, 11) is 0. The van der Waals surface area contributed by atoms with E-state index in [2.05, 4.69) is 41.4 Å². The van der Waals surface area contributed by atoms with Crippen LogP contribution in [0.1, 0.15) is 9.81 Å². The van der Waals surface area contributed by atoms with Crippen LogP contribution in [-0.4, -0.2) is 19.9 Å². The molecule has 0 N–H and O–H groups in total. The summed E-state index contributed by atoms with van der Waals surface area (Å²) in [6.07, 6.45) is 0. The average molecular weight is 528 g/mol. The molecule has 0 bridgehead atoms. The van der Waals surface area contributed by atoms with E-state index >= 15 is 0 Å². The van der Waals surface area contributed by atoms with Gasteiger partial charge in [-0.05, 0) is 54.0 Å². The number of aryl methyl sites for hydroxylation is 1. The number of benzene rings is 5. The zero-order valence-electron chi connectivity index (χ0n) is 24.9. The molecule has 0 aliphatic rings. The first-order chi connectivity index (χ1) is 21.4. The van der Waals surface area contributed by atoms with Crippen molar-refractivity contribution in [2.24, 2.45) is 0 Å². The monoisotopic (exact) mass is 527 g/mol. The Kier molecular flexibility index (Phi) is 4.64. The molecule has 0 radical (unpaired) electrons. The van der Waals surface area contributed by atoms with Crippen molar-refractivity contribution < 1.29 is 4.11 Å². The molecule has 0 aliphatic heterocycles. The third-order valence-corrected chi connectivity index (χ3v) is 7.55. The molecule has 0 amide bonds. The number of hydrogen-bond donors (Lipinski definition) is 0. The molecular weight excluding hydrogens is 500 g/mol. The van der Waals surface area contributed by atoms with E-state index in [0.717, 1.165) is 66.4 Å². The fourth-order valence-electron chi connectivity index (χ4n) is 5.58. The van der Waals surface area contributed by atoms with E-state index in [9.17, 15) is 0 Å². The number of fused-ring (bicyclic) bond motifs is 5. The molecule has 41 heavy (non-hydrogen) atoms. The largest absolute Gasteiger partial charge is 0.251 e. The maximum atomic E-state index is 7.90. The number of rotatable bonds is 3. The molecule has 3 aromatic heterocycles. The maximum absolute atomic E-state index is 7.90. The minimum Gasteiger partial charge on any atom is -0.251 e. The summed E-state index contributed by atoms with van der Waals surface area (Å²) in [5.74, 6) is 0. The third-order valence-electron chi connectivity index (χ3n) is 7.55. The first kappa shape index (κ1) is 20.4. The zero-order valence-corrected chi connectivity index (χ0v) is 21.9. The lowest BCUT2D eigenvalue weighted by molar-refractivity contribution is 1.25. The van der Waals surface area contributed by atoms with Gasteiger partial charge in [-0.2, -0.15) is 0 Å². The predicted molar refractivity (Wildman–Crippen MR) is 169 cm³/mol. The minimum atomic E-state index is -2.31. The molecular formula is C37H24N4. The fraction of sp³-hybridized carbons (Fsp3) is 0.0270. The van der Waals surface area contributed by atoms with Crippen molar-refractivity contribution in [3.63, 3.8) is 0 Å². The lowest BCUT2D eigenvalue weighted by Crippen LogP contribution is -1.97. The fourth-order valence-corrected chi connectivity index (χ4v) is 5.58. The van der Waals surface area contributed by atoms with Gasteiger partial charge >= 0.3 is 0 Å². The van der Waals surface area contributed by atoms with Crippen molar-refractivity contribution in [3.8, 4) is 33.8 Å². The van der Waals surface area contributed by atoms with E-state index in [1.54, 1.807) is 12.1 Å². The Morgan fingerprint density at radius 3 is 1.90 bits per heavy atom. The van der Waals surface area contributed by atoms with E-state index in [4.69, 9.17) is 19.1 Å². The van der Waals surface area contributed by atoms with E-state index in [1.165, 1.54) is 0 Å². The quantitative estimate of drug-likeness (QED) is 0.215. The average Bonchev–Trinajstić information content (AvgIpc) is 3.06. The Hall–Kier alpha value is -5.48. The van der Waals surface area contributed by atoms with Crippen LogP contribution in [0.5, 0.6) is 0 Å². The smallest absolute Gasteiger partial charge is 0.0973 e. The van der Waals surface area contributed by atoms with E-state index in [-0.39, 0.29) is 5.69 Å². The van der Waals surface area contributed by atoms with Crippen molar-refractivity contribution >= 4 is 43.6 Å². The van der Waals surface area contributed by atoms with Crippen LogP contribution in [0, 0.1) is 6.85 Å². The van der Waals surface area contributed by atoms with Gasteiger partial charge < -0.3 is 0 Å². The van der Waals surface area contributed by atoms with Crippen LogP contribution in [0.2, 0.25) is 0 Å². The van der Waals surface area contributed by atoms with E-state index in [0.29, 0.717) is 11.0 Å². The molecule has 3 heterocycles. The standard InChI is InChI=1S/C37H24N4/c1-23-15-16-25-17-18-26-19-20-31(39-36(26)34(25)38-23)30-22-28(21-27-11-5-6-12-29(27)30)37-35(24-9-3-2-4-10-24)40-32-13-7-8-14-33(32)41-37/h2-22H,1H3/i1D3. The minimum absolute atomic E-state index is 0.0560. The highest BCUT2D eigenvalue weighted by Crippen LogP contribution is 2.38. The normalized spacial score (nSPS) is 12.9. The van der Waals surface area contributed by atoms with Gasteiger partial charge in [-0.15, -0.1) is 0 Å². The Morgan fingerprint density at radius 1 is 0.488 bits per heavy atom. The number of hydrogen-bond acceptors (Lipinski definition) is 4. The van der Waals surface area contributed by atoms with Crippen LogP contribution >= 0.6 is 0 Å². The van der Waals surface area contributed by atoms with Gasteiger partial charge in [-0.25, -0.2) is 15.0 Å². The summed E-state index contributed by atoms with van der Waals surface area (Å²) in [6.45, 7) is -2.31. The summed E-state index contributed by atoms with van der Waals surface area (Å²) in [5, 5.41) is 3.84. The SMILES string of the molecule is [2H]C([2H])([2H])c1ccc2ccc3ccc(-c4cc(-c5nc6ccccc6nc5-c5ccccc5)cc5ccccc45)nc3c2n1. The Balaban J connectivity index is 1.40. The number of aromatic nitrogens is 4. The number of nitrogens with zero attached hydrogens (tertiary/aromatic N) is 4. The lowest BCUT2D eigenvalue weighted by Gasteiger charge is -2.14. The van der Waals surface area contributed by atoms with Gasteiger partial charge in [-0.1, -0.05) is 91.0 Å². The summed E-state index contributed by atoms with van der Waals surface area (Å²) < 4.78 is 23.7. The van der Waals surface area contributed by atoms with Crippen molar-refractivity contribution in [2.75, 3.05) is 0 Å². The Labute approximate surface area is 241 Å². The van der Waals surface area contributed by atoms with Gasteiger partial charge in [0.05, 0.1) is 39.1 Å². The van der Waals surface area contributed by atoms with Crippen LogP contribution in [0.4, 0.5) is 0 Å². The molecule has 8 aromatic rings. The number of para-hydroxylation sites is 2. The summed E-state index contributed by atoms with van der Waals surface area (Å²) in [4.78, 5) is 19.9. The summed E-state index contributed by atoms with van der Waals surface area (Å²) in [5.41, 5.74) is 8.17. The lowest BCUT2D eigenvalue weighted by atomic mass is 9.95. The summed E-state index contributed by atoms with van der Waals surface area (Å²) in [6, 6.07) is 41.9. The first-order valence-corrected chi connectivity index (χ1v) is 13.5. The molecule has 0 saturated carbocycles. The maximum Gasteiger partial charge on any atom is 0.0973 e. The van der Waals surface area contributed by atoms with Crippen molar-refractivity contribution in [2.45, 2.75) is 6.85 Å². The van der Waals surface area contributed by atoms with E-state index in [1.807, 2.05) is 78.9 Å². The molecule has 0 aliphatic carbocycles. The van der Waals surface area contributed by atoms with Gasteiger partial charge in [0.2, 0.25) is 0 Å². The Morgan fingerprint density at radius 2 is 1.12 bits per heavy atom. The molecule has 0 spiro atoms. The summed E-state index contributed by atoms with van der Waals surface area (Å²) >= 11 is 0. The predicted octanol–water partition coefficient (Wildman–Crippen LogP) is 9.19. The zero-order chi connectivity index (χ0) is 29.8. The Bertz CT molecular complexity index is 2380. The highest BCUT2D eigenvalue weighted by atomic mass is 14.8. The van der Waals surface area contributed by atoms with Crippen LogP contribution in [-0.2, 0) is 0 Å². The molecule has 0 atom stereocenters. The highest BCUT2D eigenvalue weighted by molar-refractivity contribution is 6.05. The van der Waals surface area contributed by atoms with Crippen LogP contribution in [0.15, 0.2) is 127 Å².